The Morgan fingerprint density at radius 3 is 2.67 bits per heavy atom. The van der Waals surface area contributed by atoms with Crippen LogP contribution in [0.15, 0.2) is 18.2 Å². The Morgan fingerprint density at radius 2 is 2.17 bits per heavy atom. The number of carbonyl (C=O) groups excluding carboxylic acids is 1. The molecule has 1 amide bonds. The van der Waals surface area contributed by atoms with E-state index in [-0.39, 0.29) is 24.1 Å². The van der Waals surface area contributed by atoms with Gasteiger partial charge >= 0.3 is 0 Å². The summed E-state index contributed by atoms with van der Waals surface area (Å²) in [5, 5.41) is 12.4. The van der Waals surface area contributed by atoms with Gasteiger partial charge in [-0.2, -0.15) is 0 Å². The number of aliphatic hydroxyl groups excluding tert-OH is 1. The molecule has 0 heterocycles. The van der Waals surface area contributed by atoms with E-state index >= 15 is 0 Å². The van der Waals surface area contributed by atoms with Gasteiger partial charge in [-0.05, 0) is 17.7 Å². The first-order valence-electron chi connectivity index (χ1n) is 5.75. The third-order valence-corrected chi connectivity index (χ3v) is 2.55. The number of hydrogen-bond acceptors (Lipinski definition) is 3. The number of hydrogen-bond donors (Lipinski definition) is 2. The minimum Gasteiger partial charge on any atom is -0.494 e. The van der Waals surface area contributed by atoms with Crippen molar-refractivity contribution in [3.05, 3.63) is 29.6 Å². The Bertz CT molecular complexity index is 421. The summed E-state index contributed by atoms with van der Waals surface area (Å²) in [5.74, 6) is -0.714. The third kappa shape index (κ3) is 3.70. The molecule has 0 bridgehead atoms. The summed E-state index contributed by atoms with van der Waals surface area (Å²) < 4.78 is 18.2. The first kappa shape index (κ1) is 14.4. The zero-order valence-electron chi connectivity index (χ0n) is 10.7. The van der Waals surface area contributed by atoms with E-state index in [0.717, 1.165) is 0 Å². The molecule has 0 aromatic heterocycles. The van der Waals surface area contributed by atoms with Gasteiger partial charge in [0.05, 0.1) is 13.2 Å². The van der Waals surface area contributed by atoms with Gasteiger partial charge in [-0.3, -0.25) is 4.79 Å². The van der Waals surface area contributed by atoms with Crippen LogP contribution in [0, 0.1) is 11.7 Å². The molecule has 0 aliphatic rings. The van der Waals surface area contributed by atoms with Crippen LogP contribution in [0.5, 0.6) is 5.75 Å². The van der Waals surface area contributed by atoms with Crippen molar-refractivity contribution in [3.8, 4) is 5.75 Å². The van der Waals surface area contributed by atoms with Crippen LogP contribution in [0.2, 0.25) is 0 Å². The molecular formula is C13H18FNO3. The van der Waals surface area contributed by atoms with Crippen molar-refractivity contribution >= 4 is 5.91 Å². The maximum Gasteiger partial charge on any atom is 0.222 e. The van der Waals surface area contributed by atoms with Crippen LogP contribution in [0.25, 0.3) is 0 Å². The Balaban J connectivity index is 2.64. The van der Waals surface area contributed by atoms with Gasteiger partial charge in [0.2, 0.25) is 5.91 Å². The van der Waals surface area contributed by atoms with Crippen molar-refractivity contribution in [1.82, 2.24) is 5.32 Å². The summed E-state index contributed by atoms with van der Waals surface area (Å²) >= 11 is 0. The fourth-order valence-corrected chi connectivity index (χ4v) is 1.41. The highest BCUT2D eigenvalue weighted by Gasteiger charge is 2.13. The van der Waals surface area contributed by atoms with Gasteiger partial charge in [-0.15, -0.1) is 0 Å². The Morgan fingerprint density at radius 1 is 1.50 bits per heavy atom. The molecule has 1 atom stereocenters. The first-order chi connectivity index (χ1) is 8.45. The number of rotatable bonds is 5. The highest BCUT2D eigenvalue weighted by atomic mass is 19.1. The molecule has 0 radical (unpaired) electrons. The molecule has 2 N–H and O–H groups in total. The molecular weight excluding hydrogens is 237 g/mol. The standard InChI is InChI=1S/C13H18FNO3/c1-8(2)13(17)15-7-11(16)9-4-5-12(18-3)10(14)6-9/h4-6,8,11,16H,7H2,1-3H3,(H,15,17). The van der Waals surface area contributed by atoms with E-state index < -0.39 is 11.9 Å². The summed E-state index contributed by atoms with van der Waals surface area (Å²) in [4.78, 5) is 11.3. The molecule has 1 aromatic rings. The van der Waals surface area contributed by atoms with Crippen LogP contribution in [0.4, 0.5) is 4.39 Å². The van der Waals surface area contributed by atoms with Gasteiger partial charge in [0.25, 0.3) is 0 Å². The Kier molecular flexibility index (Phi) is 5.09. The van der Waals surface area contributed by atoms with Gasteiger partial charge in [0.15, 0.2) is 11.6 Å². The normalized spacial score (nSPS) is 12.3. The maximum absolute atomic E-state index is 13.4. The summed E-state index contributed by atoms with van der Waals surface area (Å²) in [6.45, 7) is 3.58. The number of amides is 1. The molecule has 0 aliphatic heterocycles. The van der Waals surface area contributed by atoms with Crippen LogP contribution in [-0.4, -0.2) is 24.7 Å². The van der Waals surface area contributed by atoms with Crippen molar-refractivity contribution in [2.75, 3.05) is 13.7 Å². The number of benzene rings is 1. The summed E-state index contributed by atoms with van der Waals surface area (Å²) in [6.07, 6.45) is -0.937. The zero-order chi connectivity index (χ0) is 13.7. The van der Waals surface area contributed by atoms with E-state index in [9.17, 15) is 14.3 Å². The molecule has 1 unspecified atom stereocenters. The van der Waals surface area contributed by atoms with E-state index in [2.05, 4.69) is 5.32 Å². The van der Waals surface area contributed by atoms with Gasteiger partial charge in [0.1, 0.15) is 0 Å². The summed E-state index contributed by atoms with van der Waals surface area (Å²) in [7, 11) is 1.37. The largest absolute Gasteiger partial charge is 0.494 e. The molecule has 0 fully saturated rings. The second kappa shape index (κ2) is 6.35. The predicted molar refractivity (Wildman–Crippen MR) is 65.8 cm³/mol. The van der Waals surface area contributed by atoms with Gasteiger partial charge < -0.3 is 15.2 Å². The SMILES string of the molecule is COc1ccc(C(O)CNC(=O)C(C)C)cc1F. The lowest BCUT2D eigenvalue weighted by Crippen LogP contribution is -2.31. The zero-order valence-corrected chi connectivity index (χ0v) is 10.7. The quantitative estimate of drug-likeness (QED) is 0.841. The van der Waals surface area contributed by atoms with Gasteiger partial charge in [0, 0.05) is 12.5 Å². The number of methoxy groups -OCH3 is 1. The molecule has 0 aliphatic carbocycles. The topological polar surface area (TPSA) is 58.6 Å². The summed E-state index contributed by atoms with van der Waals surface area (Å²) in [6, 6.07) is 4.21. The van der Waals surface area contributed by atoms with E-state index in [4.69, 9.17) is 4.74 Å². The second-order valence-corrected chi connectivity index (χ2v) is 4.31. The lowest BCUT2D eigenvalue weighted by molar-refractivity contribution is -0.124. The van der Waals surface area contributed by atoms with Crippen molar-refractivity contribution in [2.45, 2.75) is 20.0 Å². The molecule has 1 rings (SSSR count). The number of ether oxygens (including phenoxy) is 1. The molecule has 0 spiro atoms. The monoisotopic (exact) mass is 255 g/mol. The van der Waals surface area contributed by atoms with E-state index in [0.29, 0.717) is 5.56 Å². The average Bonchev–Trinajstić information content (AvgIpc) is 2.35. The third-order valence-electron chi connectivity index (χ3n) is 2.55. The Labute approximate surface area is 106 Å². The molecule has 18 heavy (non-hydrogen) atoms. The van der Waals surface area contributed by atoms with Crippen LogP contribution in [0.3, 0.4) is 0 Å². The number of halogens is 1. The minimum absolute atomic E-state index is 0.0583. The van der Waals surface area contributed by atoms with Gasteiger partial charge in [-0.25, -0.2) is 4.39 Å². The van der Waals surface area contributed by atoms with Crippen LogP contribution < -0.4 is 10.1 Å². The van der Waals surface area contributed by atoms with Crippen molar-refractivity contribution in [1.29, 1.82) is 0 Å². The predicted octanol–water partition coefficient (Wildman–Crippen LogP) is 1.64. The lowest BCUT2D eigenvalue weighted by atomic mass is 10.1. The Hall–Kier alpha value is -1.62. The van der Waals surface area contributed by atoms with E-state index in [1.807, 2.05) is 0 Å². The molecule has 4 nitrogen and oxygen atoms in total. The van der Waals surface area contributed by atoms with Crippen LogP contribution in [-0.2, 0) is 4.79 Å². The summed E-state index contributed by atoms with van der Waals surface area (Å²) in [5.41, 5.74) is 0.400. The van der Waals surface area contributed by atoms with E-state index in [1.54, 1.807) is 19.9 Å². The molecule has 1 aromatic carbocycles. The van der Waals surface area contributed by atoms with Crippen molar-refractivity contribution in [3.63, 3.8) is 0 Å². The van der Waals surface area contributed by atoms with Crippen molar-refractivity contribution < 1.29 is 19.0 Å². The van der Waals surface area contributed by atoms with E-state index in [1.165, 1.54) is 19.2 Å². The lowest BCUT2D eigenvalue weighted by Gasteiger charge is -2.14. The fraction of sp³-hybridized carbons (Fsp3) is 0.462. The molecule has 5 heteroatoms. The minimum atomic E-state index is -0.937. The molecule has 0 saturated carbocycles. The molecule has 100 valence electrons. The second-order valence-electron chi connectivity index (χ2n) is 4.31. The fourth-order valence-electron chi connectivity index (χ4n) is 1.41. The van der Waals surface area contributed by atoms with Gasteiger partial charge in [-0.1, -0.05) is 19.9 Å². The number of carbonyl (C=O) groups is 1. The van der Waals surface area contributed by atoms with Crippen LogP contribution >= 0.6 is 0 Å². The average molecular weight is 255 g/mol. The van der Waals surface area contributed by atoms with Crippen LogP contribution in [0.1, 0.15) is 25.5 Å². The smallest absolute Gasteiger partial charge is 0.222 e. The van der Waals surface area contributed by atoms with Crippen molar-refractivity contribution in [2.24, 2.45) is 5.92 Å². The first-order valence-corrected chi connectivity index (χ1v) is 5.75. The highest BCUT2D eigenvalue weighted by molar-refractivity contribution is 5.77. The molecule has 0 saturated heterocycles. The number of nitrogens with one attached hydrogen (secondary N) is 1. The highest BCUT2D eigenvalue weighted by Crippen LogP contribution is 2.21. The number of aliphatic hydroxyl groups is 1. The maximum atomic E-state index is 13.4.